The summed E-state index contributed by atoms with van der Waals surface area (Å²) in [6.07, 6.45) is 3.67. The molecule has 0 saturated heterocycles. The van der Waals surface area contributed by atoms with Crippen LogP contribution in [-0.2, 0) is 17.8 Å². The Labute approximate surface area is 179 Å². The van der Waals surface area contributed by atoms with E-state index >= 15 is 0 Å². The fraction of sp³-hybridized carbons (Fsp3) is 0.250. The van der Waals surface area contributed by atoms with Crippen molar-refractivity contribution in [1.82, 2.24) is 20.2 Å². The second-order valence-corrected chi connectivity index (χ2v) is 7.96. The zero-order valence-corrected chi connectivity index (χ0v) is 17.2. The first-order valence-electron chi connectivity index (χ1n) is 10.7. The van der Waals surface area contributed by atoms with Gasteiger partial charge in [-0.15, -0.1) is 0 Å². The van der Waals surface area contributed by atoms with Crippen molar-refractivity contribution in [2.75, 3.05) is 18.4 Å². The van der Waals surface area contributed by atoms with Crippen molar-refractivity contribution < 1.29 is 9.59 Å². The zero-order valence-electron chi connectivity index (χ0n) is 17.2. The molecule has 0 unspecified atom stereocenters. The number of aromatic amines is 2. The van der Waals surface area contributed by atoms with Gasteiger partial charge in [0.25, 0.3) is 0 Å². The maximum absolute atomic E-state index is 12.6. The molecule has 4 aromatic rings. The SMILES string of the molecule is O=C(CCCNC(=O)N1CCc2c([nH]c3ccccc23)C1)Nc1ccc2[nH]ccc2c1. The largest absolute Gasteiger partial charge is 0.361 e. The van der Waals surface area contributed by atoms with Crippen molar-refractivity contribution >= 4 is 39.4 Å². The first kappa shape index (κ1) is 19.2. The highest BCUT2D eigenvalue weighted by molar-refractivity contribution is 5.93. The molecule has 158 valence electrons. The molecule has 0 spiro atoms. The first-order valence-corrected chi connectivity index (χ1v) is 10.7. The number of hydrogen-bond acceptors (Lipinski definition) is 2. The predicted octanol–water partition coefficient (Wildman–Crippen LogP) is 4.14. The molecule has 5 rings (SSSR count). The lowest BCUT2D eigenvalue weighted by atomic mass is 10.0. The van der Waals surface area contributed by atoms with E-state index in [-0.39, 0.29) is 11.9 Å². The van der Waals surface area contributed by atoms with Crippen molar-refractivity contribution in [3.8, 4) is 0 Å². The summed E-state index contributed by atoms with van der Waals surface area (Å²) in [5.74, 6) is -0.0511. The van der Waals surface area contributed by atoms with E-state index in [1.807, 2.05) is 47.5 Å². The third kappa shape index (κ3) is 3.99. The minimum atomic E-state index is -0.0809. The normalized spacial score (nSPS) is 13.4. The Bertz CT molecular complexity index is 1260. The van der Waals surface area contributed by atoms with Crippen LogP contribution >= 0.6 is 0 Å². The Hall–Kier alpha value is -3.74. The number of fused-ring (bicyclic) bond motifs is 4. The van der Waals surface area contributed by atoms with Gasteiger partial charge < -0.3 is 25.5 Å². The van der Waals surface area contributed by atoms with E-state index in [1.54, 1.807) is 0 Å². The number of aromatic nitrogens is 2. The molecule has 31 heavy (non-hydrogen) atoms. The number of nitrogens with one attached hydrogen (secondary N) is 4. The third-order valence-corrected chi connectivity index (χ3v) is 5.86. The Balaban J connectivity index is 1.08. The number of anilines is 1. The molecule has 4 N–H and O–H groups in total. The quantitative estimate of drug-likeness (QED) is 0.369. The molecule has 0 aliphatic carbocycles. The van der Waals surface area contributed by atoms with Crippen molar-refractivity contribution in [2.24, 2.45) is 0 Å². The van der Waals surface area contributed by atoms with E-state index in [0.717, 1.165) is 34.2 Å². The Morgan fingerprint density at radius 3 is 2.90 bits per heavy atom. The van der Waals surface area contributed by atoms with E-state index in [0.29, 0.717) is 32.5 Å². The van der Waals surface area contributed by atoms with Crippen LogP contribution in [0.25, 0.3) is 21.8 Å². The topological polar surface area (TPSA) is 93.0 Å². The number of benzene rings is 2. The molecule has 7 nitrogen and oxygen atoms in total. The molecule has 7 heteroatoms. The molecule has 0 bridgehead atoms. The van der Waals surface area contributed by atoms with Gasteiger partial charge in [-0.05, 0) is 48.7 Å². The minimum Gasteiger partial charge on any atom is -0.361 e. The summed E-state index contributed by atoms with van der Waals surface area (Å²) in [4.78, 5) is 33.2. The maximum atomic E-state index is 12.6. The second-order valence-electron chi connectivity index (χ2n) is 7.96. The van der Waals surface area contributed by atoms with Crippen molar-refractivity contribution in [3.05, 3.63) is 66.0 Å². The lowest BCUT2D eigenvalue weighted by Crippen LogP contribution is -2.43. The number of rotatable bonds is 5. The fourth-order valence-electron chi connectivity index (χ4n) is 4.28. The van der Waals surface area contributed by atoms with Gasteiger partial charge in [-0.2, -0.15) is 0 Å². The predicted molar refractivity (Wildman–Crippen MR) is 122 cm³/mol. The fourth-order valence-corrected chi connectivity index (χ4v) is 4.28. The van der Waals surface area contributed by atoms with Crippen LogP contribution in [0, 0.1) is 0 Å². The molecule has 2 aromatic carbocycles. The summed E-state index contributed by atoms with van der Waals surface area (Å²) in [5, 5.41) is 8.17. The van der Waals surface area contributed by atoms with Gasteiger partial charge in [-0.3, -0.25) is 4.79 Å². The zero-order chi connectivity index (χ0) is 21.2. The molecular formula is C24H25N5O2. The third-order valence-electron chi connectivity index (χ3n) is 5.86. The number of hydrogen-bond donors (Lipinski definition) is 4. The summed E-state index contributed by atoms with van der Waals surface area (Å²) in [6.45, 7) is 1.75. The molecule has 0 fully saturated rings. The number of carbonyl (C=O) groups excluding carboxylic acids is 2. The molecule has 3 amide bonds. The van der Waals surface area contributed by atoms with Crippen molar-refractivity contribution in [1.29, 1.82) is 0 Å². The summed E-state index contributed by atoms with van der Waals surface area (Å²) in [6, 6.07) is 15.9. The second kappa shape index (κ2) is 8.18. The lowest BCUT2D eigenvalue weighted by Gasteiger charge is -2.27. The van der Waals surface area contributed by atoms with Gasteiger partial charge in [0.2, 0.25) is 5.91 Å². The van der Waals surface area contributed by atoms with Gasteiger partial charge in [-0.25, -0.2) is 4.79 Å². The van der Waals surface area contributed by atoms with Gasteiger partial charge in [0.05, 0.1) is 6.54 Å². The van der Waals surface area contributed by atoms with E-state index in [9.17, 15) is 9.59 Å². The molecule has 1 aliphatic heterocycles. The molecule has 1 aliphatic rings. The molecule has 3 heterocycles. The average molecular weight is 415 g/mol. The van der Waals surface area contributed by atoms with Gasteiger partial charge in [0, 0.05) is 58.9 Å². The first-order chi connectivity index (χ1) is 15.2. The number of amides is 3. The molecule has 0 radical (unpaired) electrons. The number of H-pyrrole nitrogens is 2. The van der Waals surface area contributed by atoms with Crippen LogP contribution in [-0.4, -0.2) is 39.9 Å². The Morgan fingerprint density at radius 1 is 1.06 bits per heavy atom. The van der Waals surface area contributed by atoms with Crippen LogP contribution in [0.4, 0.5) is 10.5 Å². The van der Waals surface area contributed by atoms with Crippen LogP contribution < -0.4 is 10.6 Å². The minimum absolute atomic E-state index is 0.0511. The highest BCUT2D eigenvalue weighted by Crippen LogP contribution is 2.27. The maximum Gasteiger partial charge on any atom is 0.317 e. The standard InChI is InChI=1S/C24H25N5O2/c30-23(27-17-7-8-20-16(14-17)9-12-25-20)6-3-11-26-24(31)29-13-10-19-18-4-1-2-5-21(18)28-22(19)15-29/h1-2,4-5,7-9,12,14,25,28H,3,6,10-11,13,15H2,(H,26,31)(H,27,30). The van der Waals surface area contributed by atoms with Crippen LogP contribution in [0.15, 0.2) is 54.7 Å². The van der Waals surface area contributed by atoms with E-state index in [1.165, 1.54) is 10.9 Å². The molecule has 0 atom stereocenters. The smallest absolute Gasteiger partial charge is 0.317 e. The highest BCUT2D eigenvalue weighted by Gasteiger charge is 2.23. The van der Waals surface area contributed by atoms with Crippen LogP contribution in [0.5, 0.6) is 0 Å². The van der Waals surface area contributed by atoms with Crippen LogP contribution in [0.3, 0.4) is 0 Å². The van der Waals surface area contributed by atoms with E-state index in [2.05, 4.69) is 32.7 Å². The molecule has 2 aromatic heterocycles. The summed E-state index contributed by atoms with van der Waals surface area (Å²) in [7, 11) is 0. The Morgan fingerprint density at radius 2 is 1.97 bits per heavy atom. The summed E-state index contributed by atoms with van der Waals surface area (Å²) >= 11 is 0. The van der Waals surface area contributed by atoms with Crippen LogP contribution in [0.2, 0.25) is 0 Å². The number of para-hydroxylation sites is 1. The monoisotopic (exact) mass is 415 g/mol. The van der Waals surface area contributed by atoms with E-state index in [4.69, 9.17) is 0 Å². The van der Waals surface area contributed by atoms with Gasteiger partial charge in [0.15, 0.2) is 0 Å². The van der Waals surface area contributed by atoms with Gasteiger partial charge in [-0.1, -0.05) is 18.2 Å². The lowest BCUT2D eigenvalue weighted by molar-refractivity contribution is -0.116. The molecular weight excluding hydrogens is 390 g/mol. The van der Waals surface area contributed by atoms with Gasteiger partial charge in [0.1, 0.15) is 0 Å². The number of nitrogens with zero attached hydrogens (tertiary/aromatic N) is 1. The Kier molecular flexibility index (Phi) is 5.08. The van der Waals surface area contributed by atoms with E-state index < -0.39 is 0 Å². The van der Waals surface area contributed by atoms with Crippen LogP contribution in [0.1, 0.15) is 24.1 Å². The molecule has 0 saturated carbocycles. The summed E-state index contributed by atoms with van der Waals surface area (Å²) < 4.78 is 0. The highest BCUT2D eigenvalue weighted by atomic mass is 16.2. The number of carbonyl (C=O) groups is 2. The van der Waals surface area contributed by atoms with Crippen molar-refractivity contribution in [3.63, 3.8) is 0 Å². The van der Waals surface area contributed by atoms with Gasteiger partial charge >= 0.3 is 6.03 Å². The van der Waals surface area contributed by atoms with Crippen molar-refractivity contribution in [2.45, 2.75) is 25.8 Å². The summed E-state index contributed by atoms with van der Waals surface area (Å²) in [5.41, 5.74) is 5.37. The number of urea groups is 1. The average Bonchev–Trinajstić information content (AvgIpc) is 3.39.